The Morgan fingerprint density at radius 3 is 2.15 bits per heavy atom. The first-order valence-corrected chi connectivity index (χ1v) is 10.7. The molecule has 0 bridgehead atoms. The minimum atomic E-state index is -1.15. The van der Waals surface area contributed by atoms with Crippen LogP contribution in [-0.2, 0) is 20.8 Å². The fourth-order valence-corrected chi connectivity index (χ4v) is 3.84. The summed E-state index contributed by atoms with van der Waals surface area (Å²) in [4.78, 5) is 48.4. The molecular weight excluding hydrogens is 428 g/mol. The first-order chi connectivity index (χ1) is 15.4. The molecule has 3 rings (SSSR count). The van der Waals surface area contributed by atoms with E-state index < -0.39 is 36.0 Å². The molecule has 9 heteroatoms. The van der Waals surface area contributed by atoms with E-state index in [1.807, 2.05) is 26.8 Å². The number of aryl methyl sites for hydroxylation is 4. The molecule has 3 N–H and O–H groups in total. The van der Waals surface area contributed by atoms with Crippen molar-refractivity contribution in [2.75, 3.05) is 6.54 Å². The molecule has 176 valence electrons. The molecular formula is C24H28N2O7. The maximum absolute atomic E-state index is 12.7. The quantitative estimate of drug-likeness (QED) is 0.465. The summed E-state index contributed by atoms with van der Waals surface area (Å²) in [7, 11) is 0. The van der Waals surface area contributed by atoms with E-state index in [2.05, 4.69) is 10.6 Å². The van der Waals surface area contributed by atoms with E-state index in [0.717, 1.165) is 16.7 Å². The third-order valence-electron chi connectivity index (χ3n) is 5.98. The summed E-state index contributed by atoms with van der Waals surface area (Å²) < 4.78 is 11.4. The molecule has 0 saturated heterocycles. The van der Waals surface area contributed by atoms with Gasteiger partial charge >= 0.3 is 11.6 Å². The van der Waals surface area contributed by atoms with E-state index in [9.17, 15) is 19.2 Å². The Bertz CT molecular complexity index is 1330. The Morgan fingerprint density at radius 1 is 0.939 bits per heavy atom. The summed E-state index contributed by atoms with van der Waals surface area (Å²) in [5.74, 6) is -1.87. The van der Waals surface area contributed by atoms with Crippen molar-refractivity contribution in [1.29, 1.82) is 0 Å². The molecule has 1 unspecified atom stereocenters. The largest absolute Gasteiger partial charge is 0.480 e. The van der Waals surface area contributed by atoms with Crippen molar-refractivity contribution in [3.8, 4) is 0 Å². The molecule has 2 aromatic heterocycles. The fourth-order valence-electron chi connectivity index (χ4n) is 3.84. The third-order valence-corrected chi connectivity index (χ3v) is 5.98. The molecule has 1 aromatic carbocycles. The number of hydrogen-bond acceptors (Lipinski definition) is 6. The van der Waals surface area contributed by atoms with E-state index in [0.29, 0.717) is 27.7 Å². The zero-order valence-corrected chi connectivity index (χ0v) is 19.5. The molecule has 9 nitrogen and oxygen atoms in total. The molecule has 0 spiro atoms. The lowest BCUT2D eigenvalue weighted by atomic mass is 9.99. The van der Waals surface area contributed by atoms with Crippen LogP contribution in [0.25, 0.3) is 21.9 Å². The molecule has 1 atom stereocenters. The molecule has 2 amide bonds. The molecule has 0 aliphatic rings. The zero-order valence-electron chi connectivity index (χ0n) is 19.5. The average Bonchev–Trinajstić information content (AvgIpc) is 3.02. The van der Waals surface area contributed by atoms with Crippen LogP contribution in [0.1, 0.15) is 41.9 Å². The van der Waals surface area contributed by atoms with Crippen LogP contribution in [0.3, 0.4) is 0 Å². The SMILES string of the molecule is Cc1oc2c(C)c3oc(=O)c(CC(=O)NCC(=O)NC(C(=O)O)C(C)C)c(C)c3cc2c1C. The van der Waals surface area contributed by atoms with Crippen molar-refractivity contribution >= 4 is 39.7 Å². The van der Waals surface area contributed by atoms with Gasteiger partial charge < -0.3 is 24.6 Å². The van der Waals surface area contributed by atoms with E-state index in [-0.39, 0.29) is 17.9 Å². The Labute approximate surface area is 190 Å². The predicted molar refractivity (Wildman–Crippen MR) is 122 cm³/mol. The Balaban J connectivity index is 1.83. The smallest absolute Gasteiger partial charge is 0.340 e. The molecule has 0 saturated carbocycles. The van der Waals surface area contributed by atoms with Gasteiger partial charge in [0.25, 0.3) is 0 Å². The topological polar surface area (TPSA) is 139 Å². The van der Waals surface area contributed by atoms with Gasteiger partial charge in [0.05, 0.1) is 18.5 Å². The molecule has 0 aliphatic heterocycles. The first kappa shape index (κ1) is 24.0. The van der Waals surface area contributed by atoms with E-state index in [1.165, 1.54) is 0 Å². The van der Waals surface area contributed by atoms with Crippen LogP contribution in [0.2, 0.25) is 0 Å². The number of carbonyl (C=O) groups excluding carboxylic acids is 2. The molecule has 3 aromatic rings. The summed E-state index contributed by atoms with van der Waals surface area (Å²) in [6.45, 7) is 10.3. The summed E-state index contributed by atoms with van der Waals surface area (Å²) in [6, 6.07) is 0.841. The number of carboxylic acids is 1. The van der Waals surface area contributed by atoms with Crippen LogP contribution in [0.4, 0.5) is 0 Å². The highest BCUT2D eigenvalue weighted by Gasteiger charge is 2.24. The van der Waals surface area contributed by atoms with Gasteiger partial charge in [0, 0.05) is 16.3 Å². The van der Waals surface area contributed by atoms with Gasteiger partial charge in [-0.1, -0.05) is 13.8 Å². The van der Waals surface area contributed by atoms with E-state index in [4.69, 9.17) is 13.9 Å². The monoisotopic (exact) mass is 456 g/mol. The van der Waals surface area contributed by atoms with E-state index in [1.54, 1.807) is 20.8 Å². The first-order valence-electron chi connectivity index (χ1n) is 10.7. The lowest BCUT2D eigenvalue weighted by Gasteiger charge is -2.18. The van der Waals surface area contributed by atoms with Crippen molar-refractivity contribution < 1.29 is 28.3 Å². The third kappa shape index (κ3) is 4.62. The number of hydrogen-bond donors (Lipinski definition) is 3. The molecule has 0 fully saturated rings. The highest BCUT2D eigenvalue weighted by Crippen LogP contribution is 2.34. The number of fused-ring (bicyclic) bond motifs is 2. The van der Waals surface area contributed by atoms with Crippen LogP contribution in [-0.4, -0.2) is 35.5 Å². The van der Waals surface area contributed by atoms with Crippen LogP contribution in [0.5, 0.6) is 0 Å². The van der Waals surface area contributed by atoms with Gasteiger partial charge in [-0.2, -0.15) is 0 Å². The van der Waals surface area contributed by atoms with Crippen LogP contribution < -0.4 is 16.3 Å². The standard InChI is InChI=1S/C24H28N2O7/c1-10(2)20(23(29)30)26-19(28)9-25-18(27)8-17-12(4)16-7-15-11(3)14(6)32-21(15)13(5)22(16)33-24(17)31/h7,10,20H,8-9H2,1-6H3,(H,25,27)(H,26,28)(H,29,30). The molecule has 33 heavy (non-hydrogen) atoms. The second-order valence-electron chi connectivity index (χ2n) is 8.61. The number of amides is 2. The summed E-state index contributed by atoms with van der Waals surface area (Å²) in [6.07, 6.45) is -0.273. The minimum Gasteiger partial charge on any atom is -0.480 e. The van der Waals surface area contributed by atoms with Crippen LogP contribution in [0.15, 0.2) is 19.7 Å². The van der Waals surface area contributed by atoms with Crippen molar-refractivity contribution in [3.05, 3.63) is 44.5 Å². The van der Waals surface area contributed by atoms with Crippen molar-refractivity contribution in [1.82, 2.24) is 10.6 Å². The number of nitrogens with one attached hydrogen (secondary N) is 2. The number of benzene rings is 1. The van der Waals surface area contributed by atoms with Crippen LogP contribution >= 0.6 is 0 Å². The number of rotatable bonds is 7. The van der Waals surface area contributed by atoms with Gasteiger partial charge in [0.1, 0.15) is 23.0 Å². The van der Waals surface area contributed by atoms with Crippen molar-refractivity contribution in [3.63, 3.8) is 0 Å². The van der Waals surface area contributed by atoms with Crippen molar-refractivity contribution in [2.45, 2.75) is 54.0 Å². The molecule has 2 heterocycles. The van der Waals surface area contributed by atoms with Gasteiger partial charge in [-0.15, -0.1) is 0 Å². The lowest BCUT2D eigenvalue weighted by Crippen LogP contribution is -2.48. The predicted octanol–water partition coefficient (Wildman–Crippen LogP) is 2.66. The van der Waals surface area contributed by atoms with Crippen LogP contribution in [0, 0.1) is 33.6 Å². The highest BCUT2D eigenvalue weighted by molar-refractivity contribution is 6.00. The maximum atomic E-state index is 12.7. The van der Waals surface area contributed by atoms with Crippen molar-refractivity contribution in [2.24, 2.45) is 5.92 Å². The average molecular weight is 456 g/mol. The van der Waals surface area contributed by atoms with Gasteiger partial charge in [0.2, 0.25) is 11.8 Å². The highest BCUT2D eigenvalue weighted by atomic mass is 16.4. The Kier molecular flexibility index (Phi) is 6.62. The Morgan fingerprint density at radius 2 is 1.55 bits per heavy atom. The number of aliphatic carboxylic acids is 1. The second-order valence-corrected chi connectivity index (χ2v) is 8.61. The lowest BCUT2D eigenvalue weighted by molar-refractivity contribution is -0.143. The number of carbonyl (C=O) groups is 3. The van der Waals surface area contributed by atoms with Gasteiger partial charge in [0.15, 0.2) is 0 Å². The second kappa shape index (κ2) is 9.09. The summed E-state index contributed by atoms with van der Waals surface area (Å²) >= 11 is 0. The van der Waals surface area contributed by atoms with Gasteiger partial charge in [-0.3, -0.25) is 9.59 Å². The minimum absolute atomic E-state index is 0.197. The summed E-state index contributed by atoms with van der Waals surface area (Å²) in [5, 5.41) is 15.6. The number of furan rings is 1. The van der Waals surface area contributed by atoms with Gasteiger partial charge in [-0.05, 0) is 50.8 Å². The zero-order chi connectivity index (χ0) is 24.6. The normalized spacial score (nSPS) is 12.3. The molecule has 0 radical (unpaired) electrons. The van der Waals surface area contributed by atoms with Gasteiger partial charge in [-0.25, -0.2) is 9.59 Å². The maximum Gasteiger partial charge on any atom is 0.340 e. The fraction of sp³-hybridized carbons (Fsp3) is 0.417. The molecule has 0 aliphatic carbocycles. The number of carboxylic acid groups (broad SMARTS) is 1. The Hall–Kier alpha value is -3.62. The summed E-state index contributed by atoms with van der Waals surface area (Å²) in [5.41, 5.74) is 2.97. The van der Waals surface area contributed by atoms with E-state index >= 15 is 0 Å².